The lowest BCUT2D eigenvalue weighted by Crippen LogP contribution is -2.35. The molecule has 3 aromatic heterocycles. The van der Waals surface area contributed by atoms with Gasteiger partial charge in [-0.15, -0.1) is 5.10 Å². The molecular formula is C19H15N7O3S. The van der Waals surface area contributed by atoms with E-state index in [9.17, 15) is 9.59 Å². The van der Waals surface area contributed by atoms with Crippen LogP contribution in [0.3, 0.4) is 0 Å². The van der Waals surface area contributed by atoms with Crippen molar-refractivity contribution in [3.8, 4) is 5.69 Å². The van der Waals surface area contributed by atoms with Crippen LogP contribution in [-0.4, -0.2) is 48.5 Å². The van der Waals surface area contributed by atoms with Crippen LogP contribution in [0.1, 0.15) is 31.5 Å². The molecule has 0 unspecified atom stereocenters. The van der Waals surface area contributed by atoms with Gasteiger partial charge < -0.3 is 9.32 Å². The highest BCUT2D eigenvalue weighted by Crippen LogP contribution is 2.29. The third kappa shape index (κ3) is 3.46. The molecule has 150 valence electrons. The Kier molecular flexibility index (Phi) is 4.56. The second kappa shape index (κ2) is 7.52. The van der Waals surface area contributed by atoms with Crippen LogP contribution in [0.25, 0.3) is 5.69 Å². The lowest BCUT2D eigenvalue weighted by molar-refractivity contribution is 0.0736. The van der Waals surface area contributed by atoms with E-state index in [4.69, 9.17) is 4.42 Å². The SMILES string of the molecule is O=C(Nc1nc2c(s1)CN(C(=O)c1cccc(-n3cnnn3)c1)CC2)c1ccco1. The molecule has 1 aliphatic rings. The van der Waals surface area contributed by atoms with Crippen molar-refractivity contribution in [3.63, 3.8) is 0 Å². The predicted octanol–water partition coefficient (Wildman–Crippen LogP) is 2.16. The largest absolute Gasteiger partial charge is 0.459 e. The summed E-state index contributed by atoms with van der Waals surface area (Å²) >= 11 is 1.37. The number of carbonyl (C=O) groups excluding carboxylic acids is 2. The molecule has 2 amide bonds. The van der Waals surface area contributed by atoms with Gasteiger partial charge in [0.05, 0.1) is 24.2 Å². The Morgan fingerprint density at radius 3 is 2.93 bits per heavy atom. The molecule has 0 saturated carbocycles. The summed E-state index contributed by atoms with van der Waals surface area (Å²) in [5.41, 5.74) is 2.17. The van der Waals surface area contributed by atoms with E-state index in [1.807, 2.05) is 6.07 Å². The number of tetrazole rings is 1. The minimum absolute atomic E-state index is 0.0786. The molecule has 4 heterocycles. The van der Waals surface area contributed by atoms with E-state index in [2.05, 4.69) is 25.8 Å². The second-order valence-corrected chi connectivity index (χ2v) is 7.69. The molecule has 1 aromatic carbocycles. The number of nitrogens with one attached hydrogen (secondary N) is 1. The number of benzene rings is 1. The van der Waals surface area contributed by atoms with Crippen LogP contribution in [-0.2, 0) is 13.0 Å². The smallest absolute Gasteiger partial charge is 0.293 e. The minimum Gasteiger partial charge on any atom is -0.459 e. The average Bonchev–Trinajstić information content (AvgIpc) is 3.54. The average molecular weight is 421 g/mol. The first-order valence-electron chi connectivity index (χ1n) is 9.13. The quantitative estimate of drug-likeness (QED) is 0.536. The molecule has 11 heteroatoms. The number of hydrogen-bond acceptors (Lipinski definition) is 8. The number of carbonyl (C=O) groups is 2. The summed E-state index contributed by atoms with van der Waals surface area (Å²) in [4.78, 5) is 32.4. The van der Waals surface area contributed by atoms with E-state index in [0.29, 0.717) is 35.9 Å². The van der Waals surface area contributed by atoms with Gasteiger partial charge in [-0.25, -0.2) is 9.67 Å². The van der Waals surface area contributed by atoms with E-state index in [1.165, 1.54) is 28.6 Å². The zero-order valence-electron chi connectivity index (χ0n) is 15.6. The molecule has 5 rings (SSSR count). The Morgan fingerprint density at radius 2 is 2.13 bits per heavy atom. The van der Waals surface area contributed by atoms with Gasteiger partial charge in [-0.3, -0.25) is 14.9 Å². The fourth-order valence-corrected chi connectivity index (χ4v) is 4.25. The maximum absolute atomic E-state index is 13.0. The zero-order valence-corrected chi connectivity index (χ0v) is 16.4. The van der Waals surface area contributed by atoms with E-state index >= 15 is 0 Å². The number of nitrogens with zero attached hydrogens (tertiary/aromatic N) is 6. The van der Waals surface area contributed by atoms with Gasteiger partial charge in [0.25, 0.3) is 11.8 Å². The van der Waals surface area contributed by atoms with Gasteiger partial charge in [0.15, 0.2) is 10.9 Å². The van der Waals surface area contributed by atoms with Gasteiger partial charge in [-0.05, 0) is 40.8 Å². The monoisotopic (exact) mass is 421 g/mol. The van der Waals surface area contributed by atoms with E-state index < -0.39 is 0 Å². The molecule has 0 fully saturated rings. The number of hydrogen-bond donors (Lipinski definition) is 1. The van der Waals surface area contributed by atoms with E-state index in [1.54, 1.807) is 35.2 Å². The number of amides is 2. The van der Waals surface area contributed by atoms with Crippen LogP contribution in [0.15, 0.2) is 53.4 Å². The Balaban J connectivity index is 1.31. The Hall–Kier alpha value is -3.86. The molecule has 4 aromatic rings. The summed E-state index contributed by atoms with van der Waals surface area (Å²) in [5, 5.41) is 14.3. The molecule has 0 aliphatic carbocycles. The highest BCUT2D eigenvalue weighted by Gasteiger charge is 2.26. The first kappa shape index (κ1) is 18.2. The summed E-state index contributed by atoms with van der Waals surface area (Å²) < 4.78 is 6.60. The van der Waals surface area contributed by atoms with Crippen molar-refractivity contribution in [1.82, 2.24) is 30.1 Å². The van der Waals surface area contributed by atoms with Gasteiger partial charge in [0, 0.05) is 23.4 Å². The van der Waals surface area contributed by atoms with Crippen LogP contribution in [0, 0.1) is 0 Å². The van der Waals surface area contributed by atoms with Gasteiger partial charge in [-0.2, -0.15) is 0 Å². The molecule has 10 nitrogen and oxygen atoms in total. The second-order valence-electron chi connectivity index (χ2n) is 6.60. The minimum atomic E-state index is -0.349. The highest BCUT2D eigenvalue weighted by atomic mass is 32.1. The predicted molar refractivity (Wildman–Crippen MR) is 106 cm³/mol. The summed E-state index contributed by atoms with van der Waals surface area (Å²) in [5.74, 6) is -0.203. The van der Waals surface area contributed by atoms with Gasteiger partial charge in [0.2, 0.25) is 0 Å². The van der Waals surface area contributed by atoms with Gasteiger partial charge in [-0.1, -0.05) is 17.4 Å². The summed E-state index contributed by atoms with van der Waals surface area (Å²) in [6.07, 6.45) is 3.55. The van der Waals surface area contributed by atoms with Gasteiger partial charge >= 0.3 is 0 Å². The molecule has 1 aliphatic heterocycles. The maximum atomic E-state index is 13.0. The lowest BCUT2D eigenvalue weighted by Gasteiger charge is -2.26. The number of fused-ring (bicyclic) bond motifs is 1. The molecule has 0 atom stereocenters. The molecule has 0 radical (unpaired) electrons. The van der Waals surface area contributed by atoms with Crippen molar-refractivity contribution in [1.29, 1.82) is 0 Å². The van der Waals surface area contributed by atoms with Crippen LogP contribution in [0.4, 0.5) is 5.13 Å². The molecule has 0 spiro atoms. The van der Waals surface area contributed by atoms with Crippen LogP contribution in [0.5, 0.6) is 0 Å². The van der Waals surface area contributed by atoms with Gasteiger partial charge in [0.1, 0.15) is 6.33 Å². The molecule has 30 heavy (non-hydrogen) atoms. The third-order valence-electron chi connectivity index (χ3n) is 4.69. The van der Waals surface area contributed by atoms with Crippen LogP contribution >= 0.6 is 11.3 Å². The number of anilines is 1. The third-order valence-corrected chi connectivity index (χ3v) is 5.69. The standard InChI is InChI=1S/C19H15N7O3S/c27-17(15-5-2-8-29-15)22-19-21-14-6-7-25(10-16(14)30-19)18(28)12-3-1-4-13(9-12)26-11-20-23-24-26/h1-5,8-9,11H,6-7,10H2,(H,21,22,27). The normalized spacial score (nSPS) is 13.1. The topological polar surface area (TPSA) is 119 Å². The summed E-state index contributed by atoms with van der Waals surface area (Å²) in [7, 11) is 0. The maximum Gasteiger partial charge on any atom is 0.293 e. The molecule has 0 bridgehead atoms. The first-order valence-corrected chi connectivity index (χ1v) is 9.95. The van der Waals surface area contributed by atoms with Crippen molar-refractivity contribution in [2.45, 2.75) is 13.0 Å². The zero-order chi connectivity index (χ0) is 20.5. The highest BCUT2D eigenvalue weighted by molar-refractivity contribution is 7.15. The van der Waals surface area contributed by atoms with Crippen LogP contribution in [0.2, 0.25) is 0 Å². The summed E-state index contributed by atoms with van der Waals surface area (Å²) in [6, 6.07) is 10.4. The number of thiazole rings is 1. The van der Waals surface area contributed by atoms with E-state index in [0.717, 1.165) is 10.6 Å². The number of furan rings is 1. The number of aromatic nitrogens is 5. The fourth-order valence-electron chi connectivity index (χ4n) is 3.23. The Bertz CT molecular complexity index is 1200. The van der Waals surface area contributed by atoms with Crippen LogP contribution < -0.4 is 5.32 Å². The number of rotatable bonds is 4. The van der Waals surface area contributed by atoms with Crippen molar-refractivity contribution < 1.29 is 14.0 Å². The molecule has 1 N–H and O–H groups in total. The first-order chi connectivity index (χ1) is 14.7. The Labute approximate surface area is 174 Å². The van der Waals surface area contributed by atoms with Crippen molar-refractivity contribution >= 4 is 28.3 Å². The van der Waals surface area contributed by atoms with Crippen molar-refractivity contribution in [2.75, 3.05) is 11.9 Å². The lowest BCUT2D eigenvalue weighted by atomic mass is 10.1. The molecular weight excluding hydrogens is 406 g/mol. The summed E-state index contributed by atoms with van der Waals surface area (Å²) in [6.45, 7) is 0.994. The fraction of sp³-hybridized carbons (Fsp3) is 0.158. The van der Waals surface area contributed by atoms with E-state index in [-0.39, 0.29) is 17.6 Å². The molecule has 0 saturated heterocycles. The Morgan fingerprint density at radius 1 is 1.20 bits per heavy atom. The van der Waals surface area contributed by atoms with Crippen molar-refractivity contribution in [3.05, 3.63) is 70.9 Å². The van der Waals surface area contributed by atoms with Crippen molar-refractivity contribution in [2.24, 2.45) is 0 Å².